The molecule has 0 unspecified atom stereocenters. The van der Waals surface area contributed by atoms with Crippen LogP contribution in [0.1, 0.15) is 41.5 Å². The van der Waals surface area contributed by atoms with Gasteiger partial charge >= 0.3 is 0 Å². The summed E-state index contributed by atoms with van der Waals surface area (Å²) >= 11 is 3.97. The molecule has 2 aliphatic carbocycles. The number of benzene rings is 6. The van der Waals surface area contributed by atoms with Crippen molar-refractivity contribution in [1.82, 2.24) is 19.9 Å². The highest BCUT2D eigenvalue weighted by Crippen LogP contribution is 2.46. The van der Waals surface area contributed by atoms with Crippen LogP contribution in [0.25, 0.3) is 88.6 Å². The van der Waals surface area contributed by atoms with Crippen LogP contribution in [-0.2, 0) is 47.0 Å². The van der Waals surface area contributed by atoms with E-state index in [1.54, 1.807) is 25.0 Å². The molecule has 0 spiro atoms. The Hall–Kier alpha value is -5.62. The van der Waals surface area contributed by atoms with Gasteiger partial charge in [0.2, 0.25) is 0 Å². The largest absolute Gasteiger partial charge is 0.481 e. The molecule has 388 valence electrons. The number of aliphatic carboxylic acids is 2. The second-order valence-electron chi connectivity index (χ2n) is 12.6. The number of carboxylic acids is 2. The van der Waals surface area contributed by atoms with Crippen LogP contribution in [-0.4, -0.2) is 77.6 Å². The molecule has 0 saturated carbocycles. The molecule has 2 aromatic heterocycles. The molecule has 0 atom stereocenters. The molecule has 2 aliphatic rings. The van der Waals surface area contributed by atoms with Gasteiger partial charge in [0.15, 0.2) is 0 Å². The first kappa shape index (κ1) is 64.4. The number of nitrogens with zero attached hydrogens (tertiary/aromatic N) is 4. The summed E-state index contributed by atoms with van der Waals surface area (Å²) in [6.07, 6.45) is 6.64. The van der Waals surface area contributed by atoms with Crippen molar-refractivity contribution in [2.45, 2.75) is 41.5 Å². The highest BCUT2D eigenvalue weighted by atomic mass is 32.2. The molecule has 0 saturated heterocycles. The van der Waals surface area contributed by atoms with E-state index in [1.165, 1.54) is 43.8 Å². The Balaban J connectivity index is 0.000000460. The molecular weight excluding hydrogens is 1010 g/mol. The minimum atomic E-state index is -0.833. The summed E-state index contributed by atoms with van der Waals surface area (Å²) in [6.45, 7) is 10.2. The minimum Gasteiger partial charge on any atom is -0.481 e. The summed E-state index contributed by atoms with van der Waals surface area (Å²) in [5.41, 5.74) is 12.7. The van der Waals surface area contributed by atoms with Crippen molar-refractivity contribution in [3.8, 4) is 45.0 Å². The first-order chi connectivity index (χ1) is 35.0. The Labute approximate surface area is 434 Å². The van der Waals surface area contributed by atoms with E-state index in [9.17, 15) is 0 Å². The minimum absolute atomic E-state index is 0.833. The Morgan fingerprint density at radius 1 is 0.417 bits per heavy atom. The highest BCUT2D eigenvalue weighted by Gasteiger charge is 2.25. The van der Waals surface area contributed by atoms with Gasteiger partial charge in [0, 0.05) is 120 Å². The Bertz CT molecular complexity index is 2470. The maximum atomic E-state index is 9.00. The number of hydrogen-bond acceptors (Lipinski definition) is 22. The third kappa shape index (κ3) is 20.5. The highest BCUT2D eigenvalue weighted by molar-refractivity contribution is 7.94. The zero-order valence-corrected chi connectivity index (χ0v) is 44.3. The van der Waals surface area contributed by atoms with Crippen LogP contribution in [0.4, 0.5) is 0 Å². The fraction of sp³-hybridized carbons (Fsp3) is 0.208. The standard InChI is InChI=1S/2C18H10N2.2C2H4O2.2C2H6.2CH5NO2S.2CH4O3S/c2*1-2-10-15-14(9-1)19-17-12-7-3-5-11-6-4-8-13(16(11)12)18(17)20-15;2*1-2(3)4;2*1-2;4*1-5-4-3-2/h2*1-10H;2*1H3,(H,3,4);2*1-2H3;2*2H2,1H3;2*2H,1H3. The summed E-state index contributed by atoms with van der Waals surface area (Å²) in [7, 11) is 0. The lowest BCUT2D eigenvalue weighted by Crippen LogP contribution is -1.92. The second kappa shape index (κ2) is 38.1. The van der Waals surface area contributed by atoms with Gasteiger partial charge in [0.25, 0.3) is 11.9 Å². The van der Waals surface area contributed by atoms with Gasteiger partial charge in [-0.3, -0.25) is 9.59 Å². The summed E-state index contributed by atoms with van der Waals surface area (Å²) in [4.78, 5) is 44.6. The lowest BCUT2D eigenvalue weighted by Gasteiger charge is -2.02. The summed E-state index contributed by atoms with van der Waals surface area (Å²) in [6, 6.07) is 41.6. The fourth-order valence-corrected chi connectivity index (χ4v) is 6.64. The van der Waals surface area contributed by atoms with E-state index < -0.39 is 11.9 Å². The molecule has 0 bridgehead atoms. The van der Waals surface area contributed by atoms with Crippen LogP contribution in [0.3, 0.4) is 0 Å². The number of carbonyl (C=O) groups is 2. The second-order valence-corrected chi connectivity index (χ2v) is 14.4. The zero-order chi connectivity index (χ0) is 53.8. The van der Waals surface area contributed by atoms with Crippen molar-refractivity contribution < 1.29 is 67.7 Å². The number of hydrogen-bond donors (Lipinski definition) is 6. The van der Waals surface area contributed by atoms with E-state index in [4.69, 9.17) is 50.3 Å². The van der Waals surface area contributed by atoms with Gasteiger partial charge in [0.1, 0.15) is 0 Å². The van der Waals surface area contributed by atoms with Gasteiger partial charge in [-0.2, -0.15) is 11.8 Å². The molecule has 0 aliphatic heterocycles. The number of para-hydroxylation sites is 4. The smallest absolute Gasteiger partial charge is 0.300 e. The van der Waals surface area contributed by atoms with E-state index in [2.05, 4.69) is 122 Å². The predicted molar refractivity (Wildman–Crippen MR) is 289 cm³/mol. The van der Waals surface area contributed by atoms with Gasteiger partial charge < -0.3 is 10.2 Å². The molecule has 72 heavy (non-hydrogen) atoms. The topological polar surface area (TPSA) is 292 Å². The Morgan fingerprint density at radius 2 is 0.639 bits per heavy atom. The SMILES string of the molecule is CC.CC.CC(=O)O.CC(=O)O.CSOON.CSOON.CSOOO.CSOOO.c1cc2c3c(cccc3c1)-c1nc3ccccc3nc1-2.c1cc2c3c(cccc3c1)-c1nc3ccccc3nc1-2. The van der Waals surface area contributed by atoms with Crippen molar-refractivity contribution in [3.63, 3.8) is 0 Å². The van der Waals surface area contributed by atoms with E-state index >= 15 is 0 Å². The van der Waals surface area contributed by atoms with Crippen LogP contribution >= 0.6 is 48.2 Å². The van der Waals surface area contributed by atoms with E-state index in [1.807, 2.05) is 76.2 Å². The van der Waals surface area contributed by atoms with Gasteiger partial charge in [-0.1, -0.05) is 135 Å². The van der Waals surface area contributed by atoms with Crippen LogP contribution in [0.15, 0.2) is 121 Å². The molecule has 10 rings (SSSR count). The predicted octanol–water partition coefficient (Wildman–Crippen LogP) is 12.6. The molecule has 8 aromatic rings. The Kier molecular flexibility index (Phi) is 34.0. The molecule has 2 heterocycles. The van der Waals surface area contributed by atoms with Crippen LogP contribution in [0, 0.1) is 0 Å². The van der Waals surface area contributed by atoms with Crippen molar-refractivity contribution in [2.24, 2.45) is 11.8 Å². The monoisotopic (exact) mass is 1070 g/mol. The number of fused-ring (bicyclic) bond motifs is 8. The zero-order valence-electron chi connectivity index (χ0n) is 41.0. The van der Waals surface area contributed by atoms with Crippen LogP contribution in [0.2, 0.25) is 0 Å². The molecule has 6 aromatic carbocycles. The number of carboxylic acid groups (broad SMARTS) is 2. The third-order valence-electron chi connectivity index (χ3n) is 8.38. The molecule has 8 N–H and O–H groups in total. The van der Waals surface area contributed by atoms with Crippen molar-refractivity contribution in [1.29, 1.82) is 0 Å². The van der Waals surface area contributed by atoms with Gasteiger partial charge in [0.05, 0.1) is 44.8 Å². The normalized spacial score (nSPS) is 9.86. The summed E-state index contributed by atoms with van der Waals surface area (Å²) < 4.78 is 15.7. The van der Waals surface area contributed by atoms with Gasteiger partial charge in [-0.15, -0.1) is 27.3 Å². The molecule has 20 nitrogen and oxygen atoms in total. The molecule has 0 amide bonds. The average molecular weight is 1070 g/mol. The number of nitrogens with two attached hydrogens (primary N) is 2. The van der Waals surface area contributed by atoms with Crippen LogP contribution in [0.5, 0.6) is 0 Å². The van der Waals surface area contributed by atoms with E-state index in [0.717, 1.165) is 107 Å². The van der Waals surface area contributed by atoms with Crippen molar-refractivity contribution >= 4 is 104 Å². The molecular formula is C48H58N6O14S4. The van der Waals surface area contributed by atoms with Gasteiger partial charge in [-0.25, -0.2) is 30.5 Å². The van der Waals surface area contributed by atoms with Crippen molar-refractivity contribution in [2.75, 3.05) is 25.0 Å². The Morgan fingerprint density at radius 3 is 0.792 bits per heavy atom. The first-order valence-electron chi connectivity index (χ1n) is 21.1. The third-order valence-corrected chi connectivity index (χ3v) is 9.21. The summed E-state index contributed by atoms with van der Waals surface area (Å²) in [5, 5.41) is 40.9. The van der Waals surface area contributed by atoms with Crippen molar-refractivity contribution in [3.05, 3.63) is 121 Å². The average Bonchev–Trinajstić information content (AvgIpc) is 3.88. The molecule has 24 heteroatoms. The molecule has 0 fully saturated rings. The maximum Gasteiger partial charge on any atom is 0.300 e. The lowest BCUT2D eigenvalue weighted by molar-refractivity contribution is -0.432. The molecule has 0 radical (unpaired) electrons. The number of aromatic nitrogens is 4. The summed E-state index contributed by atoms with van der Waals surface area (Å²) in [5.74, 6) is 7.13. The fourth-order valence-electron chi connectivity index (χ4n) is 6.36. The lowest BCUT2D eigenvalue weighted by atomic mass is 10.0. The van der Waals surface area contributed by atoms with Crippen LogP contribution < -0.4 is 11.8 Å². The van der Waals surface area contributed by atoms with E-state index in [-0.39, 0.29) is 0 Å². The van der Waals surface area contributed by atoms with E-state index in [0.29, 0.717) is 0 Å². The number of rotatable bonds is 8. The first-order valence-corrected chi connectivity index (χ1v) is 25.7. The van der Waals surface area contributed by atoms with Gasteiger partial charge in [-0.05, 0) is 35.0 Å². The maximum absolute atomic E-state index is 9.00. The quantitative estimate of drug-likeness (QED) is 0.0468.